The van der Waals surface area contributed by atoms with Gasteiger partial charge in [-0.05, 0) is 12.5 Å². The predicted molar refractivity (Wildman–Crippen MR) is 89.1 cm³/mol. The van der Waals surface area contributed by atoms with Crippen molar-refractivity contribution in [2.45, 2.75) is 38.6 Å². The zero-order valence-corrected chi connectivity index (χ0v) is 14.2. The maximum absolute atomic E-state index is 12.4. The Labute approximate surface area is 133 Å². The van der Waals surface area contributed by atoms with Crippen LogP contribution in [0.4, 0.5) is 0 Å². The largest absolute Gasteiger partial charge is 0.378 e. The van der Waals surface area contributed by atoms with E-state index in [0.29, 0.717) is 19.6 Å². The van der Waals surface area contributed by atoms with Gasteiger partial charge in [0.1, 0.15) is 0 Å². The van der Waals surface area contributed by atoms with Gasteiger partial charge in [0.2, 0.25) is 5.91 Å². The third-order valence-electron chi connectivity index (χ3n) is 4.31. The first kappa shape index (κ1) is 17.0. The zero-order chi connectivity index (χ0) is 16.2. The quantitative estimate of drug-likeness (QED) is 0.906. The van der Waals surface area contributed by atoms with Gasteiger partial charge in [0, 0.05) is 38.0 Å². The van der Waals surface area contributed by atoms with Crippen LogP contribution in [0.2, 0.25) is 0 Å². The molecular formula is C18H28N2O2. The van der Waals surface area contributed by atoms with Crippen molar-refractivity contribution in [2.75, 3.05) is 33.4 Å². The number of benzene rings is 1. The lowest BCUT2D eigenvalue weighted by Crippen LogP contribution is -2.46. The first-order valence-corrected chi connectivity index (χ1v) is 8.01. The summed E-state index contributed by atoms with van der Waals surface area (Å²) in [6.45, 7) is 9.36. The third-order valence-corrected chi connectivity index (χ3v) is 4.31. The van der Waals surface area contributed by atoms with Crippen molar-refractivity contribution < 1.29 is 9.53 Å². The Balaban J connectivity index is 1.92. The summed E-state index contributed by atoms with van der Waals surface area (Å²) in [7, 11) is 1.89. The molecule has 1 atom stereocenters. The van der Waals surface area contributed by atoms with Gasteiger partial charge in [-0.25, -0.2) is 0 Å². The Morgan fingerprint density at radius 3 is 2.64 bits per heavy atom. The van der Waals surface area contributed by atoms with Gasteiger partial charge in [0.25, 0.3) is 0 Å². The van der Waals surface area contributed by atoms with E-state index in [1.165, 1.54) is 11.1 Å². The second-order valence-corrected chi connectivity index (χ2v) is 6.93. The number of aryl methyl sites for hydroxylation is 1. The van der Waals surface area contributed by atoms with E-state index in [1.54, 1.807) is 0 Å². The fourth-order valence-corrected chi connectivity index (χ4v) is 2.89. The number of likely N-dealkylation sites (N-methyl/N-ethyl adjacent to an activating group) is 1. The molecule has 1 aliphatic heterocycles. The number of hydrogen-bond donors (Lipinski definition) is 1. The molecule has 0 radical (unpaired) electrons. The third kappa shape index (κ3) is 4.55. The number of amides is 1. The molecule has 4 heteroatoms. The van der Waals surface area contributed by atoms with Crippen LogP contribution in [-0.4, -0.2) is 50.2 Å². The molecular weight excluding hydrogens is 276 g/mol. The summed E-state index contributed by atoms with van der Waals surface area (Å²) in [5.74, 6) is 0.170. The van der Waals surface area contributed by atoms with E-state index in [4.69, 9.17) is 4.74 Å². The smallest absolute Gasteiger partial charge is 0.223 e. The predicted octanol–water partition coefficient (Wildman–Crippen LogP) is 2.11. The van der Waals surface area contributed by atoms with Crippen LogP contribution in [0, 0.1) is 6.92 Å². The van der Waals surface area contributed by atoms with Gasteiger partial charge in [0.15, 0.2) is 0 Å². The zero-order valence-electron chi connectivity index (χ0n) is 14.2. The van der Waals surface area contributed by atoms with Crippen molar-refractivity contribution in [1.82, 2.24) is 10.2 Å². The molecule has 0 aliphatic carbocycles. The van der Waals surface area contributed by atoms with E-state index in [-0.39, 0.29) is 17.4 Å². The van der Waals surface area contributed by atoms with Gasteiger partial charge in [-0.3, -0.25) is 4.79 Å². The monoisotopic (exact) mass is 304 g/mol. The Hall–Kier alpha value is -1.39. The number of morpholine rings is 1. The fraction of sp³-hybridized carbons (Fsp3) is 0.611. The van der Waals surface area contributed by atoms with Crippen LogP contribution < -0.4 is 5.32 Å². The maximum Gasteiger partial charge on any atom is 0.223 e. The fourth-order valence-electron chi connectivity index (χ4n) is 2.89. The van der Waals surface area contributed by atoms with Crippen LogP contribution >= 0.6 is 0 Å². The van der Waals surface area contributed by atoms with E-state index in [9.17, 15) is 4.79 Å². The second-order valence-electron chi connectivity index (χ2n) is 6.93. The number of carbonyl (C=O) groups is 1. The normalized spacial score (nSPS) is 19.0. The second kappa shape index (κ2) is 7.25. The van der Waals surface area contributed by atoms with E-state index in [2.05, 4.69) is 50.4 Å². The molecule has 22 heavy (non-hydrogen) atoms. The molecule has 0 aromatic heterocycles. The number of ether oxygens (including phenoxy) is 1. The molecule has 1 N–H and O–H groups in total. The summed E-state index contributed by atoms with van der Waals surface area (Å²) >= 11 is 0. The van der Waals surface area contributed by atoms with Crippen LogP contribution in [0.25, 0.3) is 0 Å². The van der Waals surface area contributed by atoms with Gasteiger partial charge in [-0.2, -0.15) is 0 Å². The average molecular weight is 304 g/mol. The molecule has 0 bridgehead atoms. The summed E-state index contributed by atoms with van der Waals surface area (Å²) in [5, 5.41) is 3.33. The minimum absolute atomic E-state index is 0.0609. The number of hydrogen-bond acceptors (Lipinski definition) is 3. The molecule has 4 nitrogen and oxygen atoms in total. The summed E-state index contributed by atoms with van der Waals surface area (Å²) in [6.07, 6.45) is 0.500. The van der Waals surface area contributed by atoms with Gasteiger partial charge in [0.05, 0.1) is 13.2 Å². The maximum atomic E-state index is 12.4. The highest BCUT2D eigenvalue weighted by Crippen LogP contribution is 2.24. The molecule has 0 saturated carbocycles. The van der Waals surface area contributed by atoms with Gasteiger partial charge >= 0.3 is 0 Å². The topological polar surface area (TPSA) is 41.6 Å². The highest BCUT2D eigenvalue weighted by molar-refractivity contribution is 5.76. The number of nitrogens with zero attached hydrogens (tertiary/aromatic N) is 1. The highest BCUT2D eigenvalue weighted by Gasteiger charge is 2.26. The summed E-state index contributed by atoms with van der Waals surface area (Å²) < 4.78 is 5.41. The minimum Gasteiger partial charge on any atom is -0.378 e. The van der Waals surface area contributed by atoms with Crippen LogP contribution in [0.3, 0.4) is 0 Å². The van der Waals surface area contributed by atoms with E-state index < -0.39 is 0 Å². The molecule has 1 fully saturated rings. The Morgan fingerprint density at radius 1 is 1.36 bits per heavy atom. The van der Waals surface area contributed by atoms with Crippen LogP contribution in [0.15, 0.2) is 24.3 Å². The lowest BCUT2D eigenvalue weighted by Gasteiger charge is -2.32. The first-order chi connectivity index (χ1) is 10.4. The molecule has 1 aromatic carbocycles. The molecule has 2 rings (SSSR count). The molecule has 0 spiro atoms. The molecule has 1 aliphatic rings. The van der Waals surface area contributed by atoms with Crippen LogP contribution in [-0.2, 0) is 14.9 Å². The van der Waals surface area contributed by atoms with E-state index in [1.807, 2.05) is 11.9 Å². The number of rotatable bonds is 5. The van der Waals surface area contributed by atoms with Crippen molar-refractivity contribution in [3.63, 3.8) is 0 Å². The van der Waals surface area contributed by atoms with Crippen molar-refractivity contribution in [3.8, 4) is 0 Å². The minimum atomic E-state index is -0.0609. The lowest BCUT2D eigenvalue weighted by atomic mass is 9.83. The number of carbonyl (C=O) groups excluding carboxylic acids is 1. The summed E-state index contributed by atoms with van der Waals surface area (Å²) in [5.41, 5.74) is 2.46. The Morgan fingerprint density at radius 2 is 2.05 bits per heavy atom. The highest BCUT2D eigenvalue weighted by atomic mass is 16.5. The van der Waals surface area contributed by atoms with Crippen LogP contribution in [0.1, 0.15) is 31.4 Å². The molecule has 1 heterocycles. The molecule has 122 valence electrons. The molecule has 1 aromatic rings. The van der Waals surface area contributed by atoms with Crippen LogP contribution in [0.5, 0.6) is 0 Å². The number of nitrogens with one attached hydrogen (secondary N) is 1. The Kier molecular flexibility index (Phi) is 5.59. The van der Waals surface area contributed by atoms with Crippen molar-refractivity contribution >= 4 is 5.91 Å². The molecule has 1 unspecified atom stereocenters. The van der Waals surface area contributed by atoms with Gasteiger partial charge in [-0.1, -0.05) is 43.7 Å². The first-order valence-electron chi connectivity index (χ1n) is 8.01. The lowest BCUT2D eigenvalue weighted by molar-refractivity contribution is -0.131. The average Bonchev–Trinajstić information content (AvgIpc) is 2.48. The van der Waals surface area contributed by atoms with Crippen molar-refractivity contribution in [1.29, 1.82) is 0 Å². The van der Waals surface area contributed by atoms with Crippen molar-refractivity contribution in [2.24, 2.45) is 0 Å². The van der Waals surface area contributed by atoms with Gasteiger partial charge in [-0.15, -0.1) is 0 Å². The van der Waals surface area contributed by atoms with Gasteiger partial charge < -0.3 is 15.0 Å². The standard InChI is InChI=1S/C18H28N2O2/c1-14-5-7-15(8-6-14)18(2,3)13-20(4)17(21)11-16-12-22-10-9-19-16/h5-8,16,19H,9-13H2,1-4H3. The molecule has 1 amide bonds. The molecule has 1 saturated heterocycles. The Bertz CT molecular complexity index is 490. The van der Waals surface area contributed by atoms with Crippen molar-refractivity contribution in [3.05, 3.63) is 35.4 Å². The van der Waals surface area contributed by atoms with E-state index >= 15 is 0 Å². The van der Waals surface area contributed by atoms with E-state index in [0.717, 1.165) is 13.2 Å². The summed E-state index contributed by atoms with van der Waals surface area (Å²) in [6, 6.07) is 8.71. The SMILES string of the molecule is Cc1ccc(C(C)(C)CN(C)C(=O)CC2COCCN2)cc1. The summed E-state index contributed by atoms with van der Waals surface area (Å²) in [4.78, 5) is 14.2.